The highest BCUT2D eigenvalue weighted by Gasteiger charge is 2.19. The first-order chi connectivity index (χ1) is 14.1. The molecule has 0 radical (unpaired) electrons. The van der Waals surface area contributed by atoms with Crippen LogP contribution in [-0.4, -0.2) is 35.4 Å². The van der Waals surface area contributed by atoms with Gasteiger partial charge in [0.25, 0.3) is 5.91 Å². The summed E-state index contributed by atoms with van der Waals surface area (Å²) in [5, 5.41) is 14.7. The minimum Gasteiger partial charge on any atom is -0.481 e. The van der Waals surface area contributed by atoms with E-state index in [1.807, 2.05) is 0 Å². The van der Waals surface area contributed by atoms with Crippen LogP contribution < -0.4 is 22.1 Å². The van der Waals surface area contributed by atoms with E-state index < -0.39 is 30.2 Å². The lowest BCUT2D eigenvalue weighted by molar-refractivity contribution is -0.137. The number of aliphatic carboxylic acids is 1. The molecule has 2 amide bonds. The molecule has 1 atom stereocenters. The van der Waals surface area contributed by atoms with Crippen molar-refractivity contribution < 1.29 is 19.5 Å². The lowest BCUT2D eigenvalue weighted by Gasteiger charge is -2.18. The number of guanidine groups is 1. The summed E-state index contributed by atoms with van der Waals surface area (Å²) < 4.78 is 0. The van der Waals surface area contributed by atoms with E-state index in [2.05, 4.69) is 15.6 Å². The third kappa shape index (κ3) is 7.26. The summed E-state index contributed by atoms with van der Waals surface area (Å²) in [6, 6.07) is 9.80. The van der Waals surface area contributed by atoms with Crippen LogP contribution >= 0.6 is 23.2 Å². The first-order valence-corrected chi connectivity index (χ1v) is 9.34. The number of amides is 2. The van der Waals surface area contributed by atoms with Gasteiger partial charge in [0.05, 0.1) is 24.7 Å². The Kier molecular flexibility index (Phi) is 8.02. The van der Waals surface area contributed by atoms with Crippen molar-refractivity contribution in [1.82, 2.24) is 10.6 Å². The van der Waals surface area contributed by atoms with Gasteiger partial charge in [0, 0.05) is 15.6 Å². The van der Waals surface area contributed by atoms with Crippen LogP contribution in [0.5, 0.6) is 0 Å². The van der Waals surface area contributed by atoms with Gasteiger partial charge in [-0.2, -0.15) is 0 Å². The van der Waals surface area contributed by atoms with Crippen molar-refractivity contribution in [1.29, 1.82) is 0 Å². The largest absolute Gasteiger partial charge is 0.481 e. The average Bonchev–Trinajstić information content (AvgIpc) is 2.64. The molecule has 0 saturated carbocycles. The molecule has 2 aromatic rings. The van der Waals surface area contributed by atoms with Gasteiger partial charge in [-0.1, -0.05) is 29.3 Å². The molecular weight excluding hydrogens is 433 g/mol. The molecule has 0 fully saturated rings. The number of nitrogens with one attached hydrogen (secondary N) is 2. The van der Waals surface area contributed by atoms with Crippen LogP contribution in [0, 0.1) is 0 Å². The maximum Gasteiger partial charge on any atom is 0.305 e. The Morgan fingerprint density at radius 2 is 1.73 bits per heavy atom. The van der Waals surface area contributed by atoms with Crippen molar-refractivity contribution in [3.63, 3.8) is 0 Å². The molecule has 158 valence electrons. The number of benzene rings is 2. The number of nitrogens with zero attached hydrogens (tertiary/aromatic N) is 1. The van der Waals surface area contributed by atoms with Gasteiger partial charge in [-0.3, -0.25) is 14.4 Å². The summed E-state index contributed by atoms with van der Waals surface area (Å²) in [6.45, 7) is -0.379. The Balaban J connectivity index is 2.04. The van der Waals surface area contributed by atoms with E-state index in [1.54, 1.807) is 12.1 Å². The molecule has 0 aromatic heterocycles. The monoisotopic (exact) mass is 451 g/mol. The van der Waals surface area contributed by atoms with Crippen LogP contribution in [0.1, 0.15) is 28.4 Å². The zero-order chi connectivity index (χ0) is 22.3. The third-order valence-corrected chi connectivity index (χ3v) is 4.21. The Hall–Kier alpha value is -3.30. The van der Waals surface area contributed by atoms with Crippen LogP contribution in [0.15, 0.2) is 47.5 Å². The maximum absolute atomic E-state index is 12.3. The van der Waals surface area contributed by atoms with Crippen molar-refractivity contribution in [2.45, 2.75) is 12.5 Å². The second kappa shape index (κ2) is 10.5. The van der Waals surface area contributed by atoms with E-state index >= 15 is 0 Å². The summed E-state index contributed by atoms with van der Waals surface area (Å²) >= 11 is 11.9. The minimum absolute atomic E-state index is 0.155. The molecule has 0 aliphatic rings. The van der Waals surface area contributed by atoms with E-state index in [-0.39, 0.29) is 18.1 Å². The van der Waals surface area contributed by atoms with Crippen molar-refractivity contribution in [3.8, 4) is 0 Å². The van der Waals surface area contributed by atoms with Gasteiger partial charge in [0.1, 0.15) is 0 Å². The highest BCUT2D eigenvalue weighted by atomic mass is 35.5. The molecule has 0 unspecified atom stereocenters. The Morgan fingerprint density at radius 3 is 2.33 bits per heavy atom. The van der Waals surface area contributed by atoms with Crippen molar-refractivity contribution >= 4 is 52.6 Å². The SMILES string of the molecule is NC(N)=Nc1cccc(C(=O)NCC(=O)N[C@@H](CC(=O)O)c2cc(Cl)cc(Cl)c2)c1. The summed E-state index contributed by atoms with van der Waals surface area (Å²) in [6.07, 6.45) is -0.392. The molecule has 2 aromatic carbocycles. The van der Waals surface area contributed by atoms with Gasteiger partial charge < -0.3 is 27.2 Å². The van der Waals surface area contributed by atoms with Crippen molar-refractivity contribution in [2.75, 3.05) is 6.54 Å². The van der Waals surface area contributed by atoms with Gasteiger partial charge in [-0.15, -0.1) is 0 Å². The number of carbonyl (C=O) groups excluding carboxylic acids is 2. The molecule has 30 heavy (non-hydrogen) atoms. The Morgan fingerprint density at radius 1 is 1.07 bits per heavy atom. The van der Waals surface area contributed by atoms with Crippen LogP contribution in [0.25, 0.3) is 0 Å². The fraction of sp³-hybridized carbons (Fsp3) is 0.158. The molecule has 0 aliphatic heterocycles. The molecule has 2 rings (SSSR count). The van der Waals surface area contributed by atoms with Gasteiger partial charge in [-0.25, -0.2) is 4.99 Å². The molecule has 11 heteroatoms. The zero-order valence-corrected chi connectivity index (χ0v) is 17.1. The quantitative estimate of drug-likeness (QED) is 0.304. The highest BCUT2D eigenvalue weighted by molar-refractivity contribution is 6.34. The molecule has 0 bridgehead atoms. The van der Waals surface area contributed by atoms with Crippen LogP contribution in [0.3, 0.4) is 0 Å². The van der Waals surface area contributed by atoms with E-state index in [9.17, 15) is 14.4 Å². The predicted octanol–water partition coefficient (Wildman–Crippen LogP) is 1.96. The number of carboxylic acids is 1. The summed E-state index contributed by atoms with van der Waals surface area (Å²) in [4.78, 5) is 39.6. The van der Waals surface area contributed by atoms with E-state index in [1.165, 1.54) is 30.3 Å². The summed E-state index contributed by atoms with van der Waals surface area (Å²) in [7, 11) is 0. The number of halogens is 2. The number of rotatable bonds is 8. The smallest absolute Gasteiger partial charge is 0.305 e. The minimum atomic E-state index is -1.13. The molecule has 0 aliphatic carbocycles. The van der Waals surface area contributed by atoms with Crippen LogP contribution in [0.2, 0.25) is 10.0 Å². The van der Waals surface area contributed by atoms with Gasteiger partial charge >= 0.3 is 5.97 Å². The van der Waals surface area contributed by atoms with E-state index in [0.717, 1.165) is 0 Å². The van der Waals surface area contributed by atoms with Gasteiger partial charge in [-0.05, 0) is 42.0 Å². The molecule has 0 heterocycles. The number of carboxylic acid groups (broad SMARTS) is 1. The summed E-state index contributed by atoms with van der Waals surface area (Å²) in [5.41, 5.74) is 11.7. The third-order valence-electron chi connectivity index (χ3n) is 3.78. The lowest BCUT2D eigenvalue weighted by Crippen LogP contribution is -2.39. The maximum atomic E-state index is 12.3. The number of nitrogens with two attached hydrogens (primary N) is 2. The zero-order valence-electron chi connectivity index (χ0n) is 15.6. The normalized spacial score (nSPS) is 11.3. The second-order valence-corrected chi connectivity index (χ2v) is 7.06. The number of aliphatic imine (C=N–C) groups is 1. The average molecular weight is 452 g/mol. The highest BCUT2D eigenvalue weighted by Crippen LogP contribution is 2.25. The Bertz CT molecular complexity index is 972. The van der Waals surface area contributed by atoms with Crippen molar-refractivity contribution in [3.05, 3.63) is 63.6 Å². The van der Waals surface area contributed by atoms with Crippen LogP contribution in [-0.2, 0) is 9.59 Å². The molecule has 9 nitrogen and oxygen atoms in total. The van der Waals surface area contributed by atoms with Gasteiger partial charge in [0.2, 0.25) is 5.91 Å². The first kappa shape index (κ1) is 23.0. The van der Waals surface area contributed by atoms with Crippen molar-refractivity contribution in [2.24, 2.45) is 16.5 Å². The van der Waals surface area contributed by atoms with Gasteiger partial charge in [0.15, 0.2) is 5.96 Å². The second-order valence-electron chi connectivity index (χ2n) is 6.19. The number of hydrogen-bond donors (Lipinski definition) is 5. The van der Waals surface area contributed by atoms with Crippen LogP contribution in [0.4, 0.5) is 5.69 Å². The molecule has 7 N–H and O–H groups in total. The number of hydrogen-bond acceptors (Lipinski definition) is 4. The topological polar surface area (TPSA) is 160 Å². The number of carbonyl (C=O) groups is 3. The molecule has 0 spiro atoms. The lowest BCUT2D eigenvalue weighted by atomic mass is 10.0. The summed E-state index contributed by atoms with van der Waals surface area (Å²) in [5.74, 6) is -2.40. The first-order valence-electron chi connectivity index (χ1n) is 8.59. The molecule has 0 saturated heterocycles. The fourth-order valence-electron chi connectivity index (χ4n) is 2.58. The predicted molar refractivity (Wildman–Crippen MR) is 114 cm³/mol. The fourth-order valence-corrected chi connectivity index (χ4v) is 3.12. The Labute approximate surface area is 182 Å². The molecular formula is C19H19Cl2N5O4. The van der Waals surface area contributed by atoms with E-state index in [4.69, 9.17) is 39.8 Å². The standard InChI is InChI=1S/C19H19Cl2N5O4/c20-12-4-11(5-13(21)7-12)15(8-17(28)29)26-16(27)9-24-18(30)10-2-1-3-14(6-10)25-19(22)23/h1-7,15H,8-9H2,(H,24,30)(H,26,27)(H,28,29)(H4,22,23,25)/t15-/m0/s1. The van der Waals surface area contributed by atoms with E-state index in [0.29, 0.717) is 21.3 Å².